The van der Waals surface area contributed by atoms with Gasteiger partial charge in [-0.1, -0.05) is 6.58 Å². The van der Waals surface area contributed by atoms with E-state index in [1.165, 1.54) is 32.1 Å². The number of esters is 1. The van der Waals surface area contributed by atoms with Crippen LogP contribution in [0, 0.1) is 17.3 Å². The van der Waals surface area contributed by atoms with Crippen LogP contribution in [0.5, 0.6) is 0 Å². The molecule has 4 fully saturated rings. The van der Waals surface area contributed by atoms with Crippen LogP contribution in [0.15, 0.2) is 12.2 Å². The quantitative estimate of drug-likeness (QED) is 0.583. The van der Waals surface area contributed by atoms with Crippen molar-refractivity contribution in [1.82, 2.24) is 0 Å². The van der Waals surface area contributed by atoms with Crippen molar-refractivity contribution in [3.8, 4) is 0 Å². The normalized spacial score (nSPS) is 41.1. The first-order valence-electron chi connectivity index (χ1n) is 8.15. The molecule has 0 N–H and O–H groups in total. The molecule has 4 aliphatic rings. The minimum Gasteiger partial charge on any atom is -0.456 e. The number of carbonyl (C=O) groups is 1. The molecule has 0 aromatic carbocycles. The SMILES string of the molecule is C=C(C)C(=O)OC(C)(C)C12CC3CC(CC(OC)(C3)C1)C2. The van der Waals surface area contributed by atoms with E-state index >= 15 is 0 Å². The maximum absolute atomic E-state index is 12.0. The summed E-state index contributed by atoms with van der Waals surface area (Å²) in [6, 6.07) is 0. The van der Waals surface area contributed by atoms with E-state index in [2.05, 4.69) is 20.4 Å². The second-order valence-corrected chi connectivity index (χ2v) is 8.31. The highest BCUT2D eigenvalue weighted by molar-refractivity contribution is 5.87. The van der Waals surface area contributed by atoms with E-state index in [0.29, 0.717) is 5.57 Å². The molecule has 0 spiro atoms. The lowest BCUT2D eigenvalue weighted by atomic mass is 9.44. The second kappa shape index (κ2) is 4.58. The number of carbonyl (C=O) groups excluding carboxylic acids is 1. The first-order valence-corrected chi connectivity index (χ1v) is 8.15. The molecular weight excluding hydrogens is 264 g/mol. The van der Waals surface area contributed by atoms with Crippen LogP contribution in [0.4, 0.5) is 0 Å². The van der Waals surface area contributed by atoms with E-state index in [-0.39, 0.29) is 17.0 Å². The summed E-state index contributed by atoms with van der Waals surface area (Å²) in [6.45, 7) is 9.61. The van der Waals surface area contributed by atoms with Gasteiger partial charge in [0, 0.05) is 18.1 Å². The largest absolute Gasteiger partial charge is 0.456 e. The zero-order valence-electron chi connectivity index (χ0n) is 13.8. The molecule has 0 radical (unpaired) electrons. The molecule has 0 heterocycles. The zero-order valence-corrected chi connectivity index (χ0v) is 13.8. The van der Waals surface area contributed by atoms with Crippen LogP contribution in [0.2, 0.25) is 0 Å². The smallest absolute Gasteiger partial charge is 0.333 e. The summed E-state index contributed by atoms with van der Waals surface area (Å²) in [7, 11) is 1.85. The first-order chi connectivity index (χ1) is 9.71. The minimum atomic E-state index is -0.454. The Hall–Kier alpha value is -0.830. The third kappa shape index (κ3) is 2.25. The molecule has 3 heteroatoms. The van der Waals surface area contributed by atoms with Crippen molar-refractivity contribution in [2.24, 2.45) is 17.3 Å². The van der Waals surface area contributed by atoms with Crippen molar-refractivity contribution < 1.29 is 14.3 Å². The molecule has 4 saturated carbocycles. The molecule has 2 atom stereocenters. The minimum absolute atomic E-state index is 0.0248. The van der Waals surface area contributed by atoms with Gasteiger partial charge in [0.1, 0.15) is 5.60 Å². The summed E-state index contributed by atoms with van der Waals surface area (Å²) in [5, 5.41) is 0. The average molecular weight is 292 g/mol. The summed E-state index contributed by atoms with van der Waals surface area (Å²) in [5.41, 5.74) is 0.119. The van der Waals surface area contributed by atoms with Crippen molar-refractivity contribution in [1.29, 1.82) is 0 Å². The van der Waals surface area contributed by atoms with Gasteiger partial charge < -0.3 is 9.47 Å². The van der Waals surface area contributed by atoms with Crippen LogP contribution in [0.1, 0.15) is 59.3 Å². The topological polar surface area (TPSA) is 35.5 Å². The van der Waals surface area contributed by atoms with Gasteiger partial charge in [-0.05, 0) is 71.1 Å². The van der Waals surface area contributed by atoms with E-state index in [4.69, 9.17) is 9.47 Å². The van der Waals surface area contributed by atoms with Crippen LogP contribution in [0.3, 0.4) is 0 Å². The molecule has 4 rings (SSSR count). The Morgan fingerprint density at radius 1 is 1.19 bits per heavy atom. The number of methoxy groups -OCH3 is 1. The lowest BCUT2D eigenvalue weighted by Crippen LogP contribution is -2.63. The number of ether oxygens (including phenoxy) is 2. The third-order valence-corrected chi connectivity index (χ3v) is 6.41. The lowest BCUT2D eigenvalue weighted by Gasteiger charge is -2.65. The van der Waals surface area contributed by atoms with E-state index in [0.717, 1.165) is 18.3 Å². The molecule has 21 heavy (non-hydrogen) atoms. The highest BCUT2D eigenvalue weighted by Gasteiger charge is 2.63. The Labute approximate surface area is 128 Å². The fourth-order valence-corrected chi connectivity index (χ4v) is 5.55. The first kappa shape index (κ1) is 15.1. The molecule has 0 saturated heterocycles. The molecule has 0 amide bonds. The second-order valence-electron chi connectivity index (χ2n) is 8.31. The molecule has 4 bridgehead atoms. The lowest BCUT2D eigenvalue weighted by molar-refractivity contribution is -0.237. The summed E-state index contributed by atoms with van der Waals surface area (Å²) in [6.07, 6.45) is 7.08. The van der Waals surface area contributed by atoms with Crippen LogP contribution in [-0.4, -0.2) is 24.3 Å². The number of rotatable bonds is 4. The predicted molar refractivity (Wildman–Crippen MR) is 81.8 cm³/mol. The van der Waals surface area contributed by atoms with Crippen molar-refractivity contribution in [3.63, 3.8) is 0 Å². The third-order valence-electron chi connectivity index (χ3n) is 6.41. The Morgan fingerprint density at radius 3 is 2.24 bits per heavy atom. The number of hydrogen-bond acceptors (Lipinski definition) is 3. The molecule has 4 aliphatic carbocycles. The molecular formula is C18H28O3. The van der Waals surface area contributed by atoms with E-state index < -0.39 is 5.60 Å². The van der Waals surface area contributed by atoms with Gasteiger partial charge in [0.05, 0.1) is 5.60 Å². The molecule has 118 valence electrons. The van der Waals surface area contributed by atoms with Gasteiger partial charge in [0.15, 0.2) is 0 Å². The van der Waals surface area contributed by atoms with E-state index in [9.17, 15) is 4.79 Å². The van der Waals surface area contributed by atoms with E-state index in [1.54, 1.807) is 6.92 Å². The van der Waals surface area contributed by atoms with Crippen molar-refractivity contribution in [2.45, 2.75) is 70.5 Å². The standard InChI is InChI=1S/C18H28O3/c1-12(2)15(19)21-16(3,4)17-7-13-6-14(8-17)10-18(9-13,11-17)20-5/h13-14H,1,6-11H2,2-5H3. The number of hydrogen-bond donors (Lipinski definition) is 0. The van der Waals surface area contributed by atoms with Gasteiger partial charge in [-0.2, -0.15) is 0 Å². The summed E-state index contributed by atoms with van der Waals surface area (Å²) < 4.78 is 11.8. The van der Waals surface area contributed by atoms with Gasteiger partial charge in [-0.3, -0.25) is 0 Å². The monoisotopic (exact) mass is 292 g/mol. The molecule has 0 aliphatic heterocycles. The van der Waals surface area contributed by atoms with Crippen LogP contribution in [0.25, 0.3) is 0 Å². The molecule has 2 unspecified atom stereocenters. The maximum Gasteiger partial charge on any atom is 0.333 e. The Balaban J connectivity index is 1.89. The Kier molecular flexibility index (Phi) is 3.29. The predicted octanol–water partition coefficient (Wildman–Crippen LogP) is 3.87. The molecule has 0 aromatic rings. The highest BCUT2D eigenvalue weighted by atomic mass is 16.6. The molecule has 0 aromatic heterocycles. The van der Waals surface area contributed by atoms with Crippen molar-refractivity contribution >= 4 is 5.97 Å². The van der Waals surface area contributed by atoms with Gasteiger partial charge in [-0.25, -0.2) is 4.79 Å². The summed E-state index contributed by atoms with van der Waals surface area (Å²) >= 11 is 0. The van der Waals surface area contributed by atoms with Crippen molar-refractivity contribution in [2.75, 3.05) is 7.11 Å². The van der Waals surface area contributed by atoms with Gasteiger partial charge in [0.25, 0.3) is 0 Å². The zero-order chi connectivity index (χ0) is 15.5. The molecule has 3 nitrogen and oxygen atoms in total. The van der Waals surface area contributed by atoms with Gasteiger partial charge in [0.2, 0.25) is 0 Å². The van der Waals surface area contributed by atoms with Crippen molar-refractivity contribution in [3.05, 3.63) is 12.2 Å². The maximum atomic E-state index is 12.0. The Morgan fingerprint density at radius 2 is 1.76 bits per heavy atom. The van der Waals surface area contributed by atoms with Crippen LogP contribution < -0.4 is 0 Å². The fraction of sp³-hybridized carbons (Fsp3) is 0.833. The fourth-order valence-electron chi connectivity index (χ4n) is 5.55. The summed E-state index contributed by atoms with van der Waals surface area (Å²) in [4.78, 5) is 12.0. The highest BCUT2D eigenvalue weighted by Crippen LogP contribution is 2.66. The average Bonchev–Trinajstić information content (AvgIpc) is 2.36. The summed E-state index contributed by atoms with van der Waals surface area (Å²) in [5.74, 6) is 1.20. The van der Waals surface area contributed by atoms with E-state index in [1.807, 2.05) is 7.11 Å². The van der Waals surface area contributed by atoms with Crippen LogP contribution >= 0.6 is 0 Å². The Bertz CT molecular complexity index is 463. The van der Waals surface area contributed by atoms with Gasteiger partial charge in [-0.15, -0.1) is 0 Å². The van der Waals surface area contributed by atoms with Crippen LogP contribution in [-0.2, 0) is 14.3 Å². The van der Waals surface area contributed by atoms with Gasteiger partial charge >= 0.3 is 5.97 Å².